The van der Waals surface area contributed by atoms with Crippen LogP contribution in [0.5, 0.6) is 0 Å². The van der Waals surface area contributed by atoms with Gasteiger partial charge in [-0.25, -0.2) is 13.1 Å². The van der Waals surface area contributed by atoms with Crippen LogP contribution in [-0.4, -0.2) is 13.4 Å². The van der Waals surface area contributed by atoms with E-state index in [0.717, 1.165) is 5.56 Å². The lowest BCUT2D eigenvalue weighted by Gasteiger charge is -2.08. The van der Waals surface area contributed by atoms with Crippen LogP contribution >= 0.6 is 11.6 Å². The standard InChI is InChI=1S/C12H13ClN2O2S/c1-9-6-11(13)2-3-12(9)18(16,17)15-8-10-4-5-14-7-10/h2-7,14-15H,8H2,1H3. The first-order valence-electron chi connectivity index (χ1n) is 5.36. The van der Waals surface area contributed by atoms with E-state index in [1.54, 1.807) is 31.5 Å². The number of H-pyrrole nitrogens is 1. The highest BCUT2D eigenvalue weighted by atomic mass is 35.5. The Labute approximate surface area is 111 Å². The Hall–Kier alpha value is -1.30. The quantitative estimate of drug-likeness (QED) is 0.906. The molecule has 0 aliphatic heterocycles. The van der Waals surface area contributed by atoms with Gasteiger partial charge in [0.2, 0.25) is 10.0 Å². The van der Waals surface area contributed by atoms with Crippen LogP contribution in [0.25, 0.3) is 0 Å². The minimum Gasteiger partial charge on any atom is -0.367 e. The molecule has 0 amide bonds. The van der Waals surface area contributed by atoms with E-state index in [-0.39, 0.29) is 11.4 Å². The Balaban J connectivity index is 2.20. The summed E-state index contributed by atoms with van der Waals surface area (Å²) in [7, 11) is -3.51. The van der Waals surface area contributed by atoms with Crippen LogP contribution in [0.4, 0.5) is 0 Å². The number of aryl methyl sites for hydroxylation is 1. The fourth-order valence-electron chi connectivity index (χ4n) is 1.64. The molecule has 0 fully saturated rings. The molecule has 2 N–H and O–H groups in total. The molecule has 0 radical (unpaired) electrons. The van der Waals surface area contributed by atoms with Gasteiger partial charge in [-0.05, 0) is 42.3 Å². The molecular weight excluding hydrogens is 272 g/mol. The maximum absolute atomic E-state index is 12.1. The van der Waals surface area contributed by atoms with Gasteiger partial charge in [-0.15, -0.1) is 0 Å². The van der Waals surface area contributed by atoms with Crippen molar-refractivity contribution in [1.82, 2.24) is 9.71 Å². The molecule has 1 aromatic heterocycles. The van der Waals surface area contributed by atoms with Crippen LogP contribution in [0.3, 0.4) is 0 Å². The van der Waals surface area contributed by atoms with Gasteiger partial charge in [-0.2, -0.15) is 0 Å². The molecular formula is C12H13ClN2O2S. The number of halogens is 1. The van der Waals surface area contributed by atoms with Crippen LogP contribution in [0.2, 0.25) is 5.02 Å². The lowest BCUT2D eigenvalue weighted by Crippen LogP contribution is -2.23. The summed E-state index contributed by atoms with van der Waals surface area (Å²) in [4.78, 5) is 3.12. The molecule has 2 rings (SSSR count). The molecule has 0 aliphatic carbocycles. The van der Waals surface area contributed by atoms with Crippen molar-refractivity contribution in [2.75, 3.05) is 0 Å². The lowest BCUT2D eigenvalue weighted by atomic mass is 10.2. The lowest BCUT2D eigenvalue weighted by molar-refractivity contribution is 0.580. The van der Waals surface area contributed by atoms with Crippen LogP contribution in [0.15, 0.2) is 41.6 Å². The van der Waals surface area contributed by atoms with Crippen LogP contribution in [0, 0.1) is 6.92 Å². The molecule has 0 aliphatic rings. The van der Waals surface area contributed by atoms with Crippen LogP contribution < -0.4 is 4.72 Å². The third kappa shape index (κ3) is 2.93. The molecule has 4 nitrogen and oxygen atoms in total. The average Bonchev–Trinajstić information content (AvgIpc) is 2.78. The number of hydrogen-bond donors (Lipinski definition) is 2. The van der Waals surface area contributed by atoms with E-state index in [9.17, 15) is 8.42 Å². The van der Waals surface area contributed by atoms with Crippen LogP contribution in [-0.2, 0) is 16.6 Å². The fourth-order valence-corrected chi connectivity index (χ4v) is 3.11. The van der Waals surface area contributed by atoms with Crippen molar-refractivity contribution in [3.05, 3.63) is 52.8 Å². The number of hydrogen-bond acceptors (Lipinski definition) is 2. The topological polar surface area (TPSA) is 62.0 Å². The minimum atomic E-state index is -3.51. The maximum Gasteiger partial charge on any atom is 0.241 e. The zero-order chi connectivity index (χ0) is 13.2. The highest BCUT2D eigenvalue weighted by molar-refractivity contribution is 7.89. The minimum absolute atomic E-state index is 0.252. The highest BCUT2D eigenvalue weighted by Crippen LogP contribution is 2.19. The van der Waals surface area contributed by atoms with Crippen molar-refractivity contribution < 1.29 is 8.42 Å². The van der Waals surface area contributed by atoms with E-state index in [0.29, 0.717) is 10.6 Å². The second-order valence-corrected chi connectivity index (χ2v) is 6.13. The zero-order valence-corrected chi connectivity index (χ0v) is 11.3. The third-order valence-corrected chi connectivity index (χ3v) is 4.35. The summed E-state index contributed by atoms with van der Waals surface area (Å²) < 4.78 is 26.7. The second-order valence-electron chi connectivity index (χ2n) is 3.95. The van der Waals surface area contributed by atoms with Gasteiger partial charge in [0.25, 0.3) is 0 Å². The molecule has 0 saturated carbocycles. The Morgan fingerprint density at radius 3 is 2.72 bits per heavy atom. The van der Waals surface area contributed by atoms with Crippen molar-refractivity contribution in [1.29, 1.82) is 0 Å². The van der Waals surface area contributed by atoms with E-state index >= 15 is 0 Å². The number of aromatic nitrogens is 1. The van der Waals surface area contributed by atoms with Crippen LogP contribution in [0.1, 0.15) is 11.1 Å². The molecule has 1 heterocycles. The van der Waals surface area contributed by atoms with E-state index in [1.165, 1.54) is 6.07 Å². The molecule has 96 valence electrons. The molecule has 18 heavy (non-hydrogen) atoms. The Kier molecular flexibility index (Phi) is 3.75. The third-order valence-electron chi connectivity index (χ3n) is 2.56. The second kappa shape index (κ2) is 5.14. The van der Waals surface area contributed by atoms with Crippen molar-refractivity contribution in [3.8, 4) is 0 Å². The van der Waals surface area contributed by atoms with Gasteiger partial charge in [0, 0.05) is 24.0 Å². The molecule has 1 aromatic carbocycles. The summed E-state index contributed by atoms with van der Waals surface area (Å²) in [5.41, 5.74) is 1.51. The molecule has 6 heteroatoms. The van der Waals surface area contributed by atoms with E-state index in [1.807, 2.05) is 6.07 Å². The molecule has 0 atom stereocenters. The molecule has 2 aromatic rings. The summed E-state index contributed by atoms with van der Waals surface area (Å²) in [6.07, 6.45) is 3.49. The van der Waals surface area contributed by atoms with Crippen molar-refractivity contribution >= 4 is 21.6 Å². The van der Waals surface area contributed by atoms with Crippen molar-refractivity contribution in [2.45, 2.75) is 18.4 Å². The monoisotopic (exact) mass is 284 g/mol. The van der Waals surface area contributed by atoms with Gasteiger partial charge >= 0.3 is 0 Å². The normalized spacial score (nSPS) is 11.7. The molecule has 0 bridgehead atoms. The summed E-state index contributed by atoms with van der Waals surface area (Å²) in [6, 6.07) is 6.53. The predicted molar refractivity (Wildman–Crippen MR) is 71.0 cm³/mol. The summed E-state index contributed by atoms with van der Waals surface area (Å²) in [6.45, 7) is 1.98. The number of nitrogens with one attached hydrogen (secondary N) is 2. The van der Waals surface area contributed by atoms with Crippen molar-refractivity contribution in [2.24, 2.45) is 0 Å². The van der Waals surface area contributed by atoms with E-state index < -0.39 is 10.0 Å². The number of rotatable bonds is 4. The first kappa shape index (κ1) is 13.1. The summed E-state index contributed by atoms with van der Waals surface area (Å²) in [5, 5.41) is 0.525. The first-order valence-corrected chi connectivity index (χ1v) is 7.22. The molecule has 0 spiro atoms. The van der Waals surface area contributed by atoms with Crippen molar-refractivity contribution in [3.63, 3.8) is 0 Å². The SMILES string of the molecule is Cc1cc(Cl)ccc1S(=O)(=O)NCc1cc[nH]c1. The van der Waals surface area contributed by atoms with Gasteiger partial charge in [0.05, 0.1) is 4.90 Å². The Morgan fingerprint density at radius 2 is 2.11 bits per heavy atom. The van der Waals surface area contributed by atoms with E-state index in [4.69, 9.17) is 11.6 Å². The van der Waals surface area contributed by atoms with Gasteiger partial charge in [-0.1, -0.05) is 11.6 Å². The molecule has 0 unspecified atom stereocenters. The fraction of sp³-hybridized carbons (Fsp3) is 0.167. The first-order chi connectivity index (χ1) is 8.49. The molecule has 0 saturated heterocycles. The number of sulfonamides is 1. The van der Waals surface area contributed by atoms with Gasteiger partial charge in [-0.3, -0.25) is 0 Å². The average molecular weight is 285 g/mol. The number of benzene rings is 1. The zero-order valence-electron chi connectivity index (χ0n) is 9.77. The highest BCUT2D eigenvalue weighted by Gasteiger charge is 2.16. The Bertz CT molecular complexity index is 636. The van der Waals surface area contributed by atoms with E-state index in [2.05, 4.69) is 9.71 Å². The van der Waals surface area contributed by atoms with Gasteiger partial charge in [0.15, 0.2) is 0 Å². The van der Waals surface area contributed by atoms with Gasteiger partial charge < -0.3 is 4.98 Å². The van der Waals surface area contributed by atoms with Gasteiger partial charge in [0.1, 0.15) is 0 Å². The number of aromatic amines is 1. The summed E-state index contributed by atoms with van der Waals surface area (Å²) >= 11 is 5.81. The maximum atomic E-state index is 12.1. The largest absolute Gasteiger partial charge is 0.367 e. The summed E-state index contributed by atoms with van der Waals surface area (Å²) in [5.74, 6) is 0. The smallest absolute Gasteiger partial charge is 0.241 e. The Morgan fingerprint density at radius 1 is 1.33 bits per heavy atom. The predicted octanol–water partition coefficient (Wildman–Crippen LogP) is 2.46.